The Morgan fingerprint density at radius 1 is 1.54 bits per heavy atom. The van der Waals surface area contributed by atoms with Crippen LogP contribution in [0, 0.1) is 0 Å². The summed E-state index contributed by atoms with van der Waals surface area (Å²) in [5, 5.41) is 2.78. The Morgan fingerprint density at radius 3 is 2.46 bits per heavy atom. The summed E-state index contributed by atoms with van der Waals surface area (Å²) in [4.78, 5) is 10.5. The molecule has 76 valence electrons. The smallest absolute Gasteiger partial charge is 0.430 e. The number of alkyl halides is 3. The molecule has 0 unspecified atom stereocenters. The van der Waals surface area contributed by atoms with Gasteiger partial charge >= 0.3 is 12.3 Å². The molecule has 0 radical (unpaired) electrons. The van der Waals surface area contributed by atoms with Gasteiger partial charge in [-0.25, -0.2) is 10.2 Å². The molecular formula is C6H9F3N2O2. The van der Waals surface area contributed by atoms with E-state index in [2.05, 4.69) is 9.84 Å². The highest BCUT2D eigenvalue weighted by atomic mass is 19.4. The van der Waals surface area contributed by atoms with Crippen LogP contribution in [0.25, 0.3) is 0 Å². The van der Waals surface area contributed by atoms with Crippen molar-refractivity contribution >= 4 is 11.8 Å². The summed E-state index contributed by atoms with van der Waals surface area (Å²) in [5.41, 5.74) is 0.458. The van der Waals surface area contributed by atoms with E-state index in [-0.39, 0.29) is 6.61 Å². The number of hydrazone groups is 1. The Balaban J connectivity index is 4.05. The average Bonchev–Trinajstić information content (AvgIpc) is 1.99. The largest absolute Gasteiger partial charge is 0.449 e. The van der Waals surface area contributed by atoms with Gasteiger partial charge < -0.3 is 4.74 Å². The SMILES string of the molecule is CCOC(=O)N/N=C(/C)C(F)(F)F. The molecule has 0 aromatic carbocycles. The van der Waals surface area contributed by atoms with E-state index in [0.717, 1.165) is 6.92 Å². The molecule has 0 atom stereocenters. The second-order valence-electron chi connectivity index (χ2n) is 2.03. The van der Waals surface area contributed by atoms with Crippen LogP contribution in [-0.4, -0.2) is 24.6 Å². The molecular weight excluding hydrogens is 189 g/mol. The first kappa shape index (κ1) is 11.7. The monoisotopic (exact) mass is 198 g/mol. The Kier molecular flexibility index (Phi) is 4.22. The van der Waals surface area contributed by atoms with E-state index in [4.69, 9.17) is 0 Å². The highest BCUT2D eigenvalue weighted by molar-refractivity contribution is 5.88. The second-order valence-corrected chi connectivity index (χ2v) is 2.03. The highest BCUT2D eigenvalue weighted by Gasteiger charge is 2.32. The van der Waals surface area contributed by atoms with Crippen LogP contribution >= 0.6 is 0 Å². The number of amides is 1. The van der Waals surface area contributed by atoms with E-state index in [1.165, 1.54) is 6.92 Å². The first-order valence-corrected chi connectivity index (χ1v) is 3.42. The molecule has 0 saturated heterocycles. The van der Waals surface area contributed by atoms with Gasteiger partial charge in [-0.2, -0.15) is 18.3 Å². The molecule has 1 N–H and O–H groups in total. The van der Waals surface area contributed by atoms with Crippen molar-refractivity contribution in [1.82, 2.24) is 5.43 Å². The van der Waals surface area contributed by atoms with Gasteiger partial charge in [-0.1, -0.05) is 0 Å². The Hall–Kier alpha value is -1.27. The van der Waals surface area contributed by atoms with Gasteiger partial charge in [0.2, 0.25) is 0 Å². The van der Waals surface area contributed by atoms with Crippen LogP contribution in [0.2, 0.25) is 0 Å². The van der Waals surface area contributed by atoms with Gasteiger partial charge in [0.15, 0.2) is 0 Å². The van der Waals surface area contributed by atoms with E-state index >= 15 is 0 Å². The first-order chi connectivity index (χ1) is 5.88. The number of ether oxygens (including phenoxy) is 1. The standard InChI is InChI=1S/C6H9F3N2O2/c1-3-13-5(12)11-10-4(2)6(7,8)9/h3H2,1-2H3,(H,11,12)/b10-4-. The van der Waals surface area contributed by atoms with Crippen LogP contribution in [0.1, 0.15) is 13.8 Å². The predicted molar refractivity (Wildman–Crippen MR) is 39.3 cm³/mol. The van der Waals surface area contributed by atoms with E-state index < -0.39 is 18.0 Å². The van der Waals surface area contributed by atoms with E-state index in [0.29, 0.717) is 0 Å². The third-order valence-electron chi connectivity index (χ3n) is 1.00. The average molecular weight is 198 g/mol. The van der Waals surface area contributed by atoms with Crippen LogP contribution in [0.3, 0.4) is 0 Å². The number of carbonyl (C=O) groups excluding carboxylic acids is 1. The molecule has 0 heterocycles. The quantitative estimate of drug-likeness (QED) is 0.542. The highest BCUT2D eigenvalue weighted by Crippen LogP contribution is 2.16. The molecule has 1 amide bonds. The van der Waals surface area contributed by atoms with Crippen LogP contribution in [0.4, 0.5) is 18.0 Å². The van der Waals surface area contributed by atoms with E-state index in [1.807, 2.05) is 0 Å². The van der Waals surface area contributed by atoms with Crippen molar-refractivity contribution in [3.05, 3.63) is 0 Å². The first-order valence-electron chi connectivity index (χ1n) is 3.42. The molecule has 0 rings (SSSR count). The topological polar surface area (TPSA) is 50.7 Å². The zero-order valence-corrected chi connectivity index (χ0v) is 7.10. The van der Waals surface area contributed by atoms with Crippen molar-refractivity contribution in [2.24, 2.45) is 5.10 Å². The lowest BCUT2D eigenvalue weighted by atomic mass is 10.4. The molecule has 0 aromatic rings. The predicted octanol–water partition coefficient (Wildman–Crippen LogP) is 1.67. The molecule has 0 spiro atoms. The molecule has 0 fully saturated rings. The number of halogens is 3. The number of nitrogens with zero attached hydrogens (tertiary/aromatic N) is 1. The van der Waals surface area contributed by atoms with Gasteiger partial charge in [0.1, 0.15) is 5.71 Å². The Labute approximate surface area is 72.8 Å². The summed E-state index contributed by atoms with van der Waals surface area (Å²) < 4.78 is 39.6. The van der Waals surface area contributed by atoms with Gasteiger partial charge in [0, 0.05) is 0 Å². The third kappa shape index (κ3) is 5.05. The summed E-state index contributed by atoms with van der Waals surface area (Å²) in [6.45, 7) is 2.35. The van der Waals surface area contributed by atoms with E-state index in [1.54, 1.807) is 5.43 Å². The van der Waals surface area contributed by atoms with Gasteiger partial charge in [-0.3, -0.25) is 0 Å². The van der Waals surface area contributed by atoms with Crippen molar-refractivity contribution in [2.75, 3.05) is 6.61 Å². The van der Waals surface area contributed by atoms with Gasteiger partial charge in [0.05, 0.1) is 6.61 Å². The zero-order chi connectivity index (χ0) is 10.5. The molecule has 0 aliphatic rings. The molecule has 0 aliphatic carbocycles. The Morgan fingerprint density at radius 2 is 2.08 bits per heavy atom. The zero-order valence-electron chi connectivity index (χ0n) is 7.10. The minimum Gasteiger partial charge on any atom is -0.449 e. The van der Waals surface area contributed by atoms with Crippen LogP contribution in [0.15, 0.2) is 5.10 Å². The number of nitrogens with one attached hydrogen (secondary N) is 1. The lowest BCUT2D eigenvalue weighted by Gasteiger charge is -2.05. The lowest BCUT2D eigenvalue weighted by molar-refractivity contribution is -0.0595. The molecule has 0 aliphatic heterocycles. The van der Waals surface area contributed by atoms with Crippen molar-refractivity contribution in [2.45, 2.75) is 20.0 Å². The summed E-state index contributed by atoms with van der Waals surface area (Å²) in [6, 6.07) is 0. The molecule has 0 saturated carbocycles. The molecule has 7 heteroatoms. The Bertz CT molecular complexity index is 212. The normalized spacial score (nSPS) is 12.5. The van der Waals surface area contributed by atoms with Crippen molar-refractivity contribution in [1.29, 1.82) is 0 Å². The summed E-state index contributed by atoms with van der Waals surface area (Å²) in [7, 11) is 0. The molecule has 0 aromatic heterocycles. The lowest BCUT2D eigenvalue weighted by Crippen LogP contribution is -2.26. The summed E-state index contributed by atoms with van der Waals surface area (Å²) >= 11 is 0. The second kappa shape index (κ2) is 4.68. The minimum atomic E-state index is -4.53. The van der Waals surface area contributed by atoms with Gasteiger partial charge in [-0.05, 0) is 13.8 Å². The van der Waals surface area contributed by atoms with Crippen LogP contribution < -0.4 is 5.43 Å². The fraction of sp³-hybridized carbons (Fsp3) is 0.667. The summed E-state index contributed by atoms with van der Waals surface area (Å²) in [6.07, 6.45) is -5.54. The van der Waals surface area contributed by atoms with E-state index in [9.17, 15) is 18.0 Å². The molecule has 13 heavy (non-hydrogen) atoms. The summed E-state index contributed by atoms with van der Waals surface area (Å²) in [5.74, 6) is 0. The van der Waals surface area contributed by atoms with Crippen LogP contribution in [0.5, 0.6) is 0 Å². The number of hydrogen-bond acceptors (Lipinski definition) is 3. The van der Waals surface area contributed by atoms with Crippen molar-refractivity contribution in [3.63, 3.8) is 0 Å². The maximum atomic E-state index is 11.8. The maximum absolute atomic E-state index is 11.8. The fourth-order valence-corrected chi connectivity index (χ4v) is 0.356. The number of carbonyl (C=O) groups is 1. The molecule has 4 nitrogen and oxygen atoms in total. The van der Waals surface area contributed by atoms with Crippen LogP contribution in [-0.2, 0) is 4.74 Å². The van der Waals surface area contributed by atoms with Crippen molar-refractivity contribution in [3.8, 4) is 0 Å². The van der Waals surface area contributed by atoms with Gasteiger partial charge in [0.25, 0.3) is 0 Å². The van der Waals surface area contributed by atoms with Gasteiger partial charge in [-0.15, -0.1) is 0 Å². The van der Waals surface area contributed by atoms with Crippen molar-refractivity contribution < 1.29 is 22.7 Å². The number of hydrogen-bond donors (Lipinski definition) is 1. The minimum absolute atomic E-state index is 0.0758. The maximum Gasteiger partial charge on any atom is 0.430 e. The third-order valence-corrected chi connectivity index (χ3v) is 1.00. The number of rotatable bonds is 2. The molecule has 0 bridgehead atoms. The fourth-order valence-electron chi connectivity index (χ4n) is 0.356.